The lowest BCUT2D eigenvalue weighted by Crippen LogP contribution is -2.55. The van der Waals surface area contributed by atoms with E-state index < -0.39 is 13.4 Å². The van der Waals surface area contributed by atoms with Crippen molar-refractivity contribution >= 4 is 6.98 Å². The molecule has 0 unspecified atom stereocenters. The molecule has 90 valence electrons. The highest BCUT2D eigenvalue weighted by Crippen LogP contribution is 2.17. The van der Waals surface area contributed by atoms with Crippen LogP contribution in [0.3, 0.4) is 0 Å². The first-order valence-electron chi connectivity index (χ1n) is 5.37. The van der Waals surface area contributed by atoms with Crippen molar-refractivity contribution in [3.05, 3.63) is 0 Å². The van der Waals surface area contributed by atoms with E-state index >= 15 is 0 Å². The Morgan fingerprint density at radius 2 is 1.47 bits per heavy atom. The predicted molar refractivity (Wildman–Crippen MR) is 56.8 cm³/mol. The molecular weight excluding hydrogens is 204 g/mol. The summed E-state index contributed by atoms with van der Waals surface area (Å²) in [6.07, 6.45) is -0.710. The summed E-state index contributed by atoms with van der Waals surface area (Å²) in [6, 6.07) is 0. The van der Waals surface area contributed by atoms with Crippen molar-refractivity contribution in [2.75, 3.05) is 32.6 Å². The van der Waals surface area contributed by atoms with Gasteiger partial charge in [0, 0.05) is 31.7 Å². The molecule has 0 radical (unpaired) electrons. The smallest absolute Gasteiger partial charge is 0.448 e. The van der Waals surface area contributed by atoms with Crippen LogP contribution >= 0.6 is 0 Å². The number of piperazine rings is 1. The second kappa shape index (κ2) is 4.33. The topological polar surface area (TPSA) is 6.48 Å². The molecule has 0 aromatic carbocycles. The molecule has 6 heteroatoms. The van der Waals surface area contributed by atoms with Crippen molar-refractivity contribution in [2.24, 2.45) is 0 Å². The second-order valence-corrected chi connectivity index (χ2v) is 5.17. The third-order valence-electron chi connectivity index (χ3n) is 2.79. The van der Waals surface area contributed by atoms with E-state index in [-0.39, 0.29) is 5.54 Å². The van der Waals surface area contributed by atoms with Crippen LogP contribution in [0.1, 0.15) is 20.8 Å². The first-order valence-corrected chi connectivity index (χ1v) is 5.37. The van der Waals surface area contributed by atoms with Gasteiger partial charge in [0.1, 0.15) is 0 Å². The Bertz CT molecular complexity index is 204. The second-order valence-electron chi connectivity index (χ2n) is 5.17. The summed E-state index contributed by atoms with van der Waals surface area (Å²) in [7, 11) is 0. The fourth-order valence-corrected chi connectivity index (χ4v) is 1.89. The third kappa shape index (κ3) is 4.43. The number of hydrogen-bond acceptors (Lipinski definition) is 2. The molecule has 0 atom stereocenters. The van der Waals surface area contributed by atoms with E-state index in [1.54, 1.807) is 0 Å². The highest BCUT2D eigenvalue weighted by molar-refractivity contribution is 6.58. The van der Waals surface area contributed by atoms with Crippen LogP contribution in [0.4, 0.5) is 12.9 Å². The zero-order valence-corrected chi connectivity index (χ0v) is 9.64. The molecule has 0 saturated carbocycles. The molecular formula is C9H19BF3N2-. The summed E-state index contributed by atoms with van der Waals surface area (Å²) in [4.78, 5) is 3.73. The molecule has 2 nitrogen and oxygen atoms in total. The highest BCUT2D eigenvalue weighted by Gasteiger charge is 2.30. The van der Waals surface area contributed by atoms with Crippen molar-refractivity contribution in [3.8, 4) is 0 Å². The molecule has 0 bridgehead atoms. The van der Waals surface area contributed by atoms with E-state index in [1.807, 2.05) is 0 Å². The molecule has 1 rings (SSSR count). The Balaban J connectivity index is 2.37. The Morgan fingerprint density at radius 3 is 1.80 bits per heavy atom. The van der Waals surface area contributed by atoms with E-state index in [0.717, 1.165) is 13.1 Å². The van der Waals surface area contributed by atoms with Gasteiger partial charge < -0.3 is 17.8 Å². The van der Waals surface area contributed by atoms with Crippen LogP contribution in [-0.4, -0.2) is 54.9 Å². The van der Waals surface area contributed by atoms with Crippen LogP contribution in [-0.2, 0) is 0 Å². The van der Waals surface area contributed by atoms with Gasteiger partial charge in [0.2, 0.25) is 0 Å². The van der Waals surface area contributed by atoms with Gasteiger partial charge in [0.25, 0.3) is 0 Å². The normalized spacial score (nSPS) is 22.0. The Hall–Kier alpha value is -0.225. The van der Waals surface area contributed by atoms with E-state index in [0.29, 0.717) is 13.1 Å². The fraction of sp³-hybridized carbons (Fsp3) is 1.00. The van der Waals surface area contributed by atoms with Crippen molar-refractivity contribution in [1.29, 1.82) is 0 Å². The van der Waals surface area contributed by atoms with E-state index in [4.69, 9.17) is 0 Å². The summed E-state index contributed by atoms with van der Waals surface area (Å²) < 4.78 is 36.5. The molecule has 0 aromatic heterocycles. The summed E-state index contributed by atoms with van der Waals surface area (Å²) in [5, 5.41) is 0. The minimum atomic E-state index is -4.67. The number of rotatable bonds is 2. The van der Waals surface area contributed by atoms with Gasteiger partial charge in [-0.15, -0.1) is 0 Å². The average Bonchev–Trinajstić information content (AvgIpc) is 2.00. The standard InChI is InChI=1S/C9H19BF3N2/c1-9(2,3)15-6-4-14(5-7-15)8-10(11,12)13/h4-8H2,1-3H3/q-1. The summed E-state index contributed by atoms with van der Waals surface area (Å²) >= 11 is 0. The van der Waals surface area contributed by atoms with Gasteiger partial charge in [0.15, 0.2) is 0 Å². The molecule has 1 heterocycles. The minimum absolute atomic E-state index is 0.0649. The molecule has 1 saturated heterocycles. The molecule has 0 N–H and O–H groups in total. The minimum Gasteiger partial charge on any atom is -0.448 e. The van der Waals surface area contributed by atoms with Gasteiger partial charge in [-0.05, 0) is 27.2 Å². The summed E-state index contributed by atoms with van der Waals surface area (Å²) in [6.45, 7) is 4.13. The zero-order valence-electron chi connectivity index (χ0n) is 9.64. The van der Waals surface area contributed by atoms with Gasteiger partial charge in [-0.25, -0.2) is 0 Å². The van der Waals surface area contributed by atoms with Gasteiger partial charge in [0.05, 0.1) is 0 Å². The lowest BCUT2D eigenvalue weighted by Gasteiger charge is -2.43. The Morgan fingerprint density at radius 1 is 1.00 bits per heavy atom. The van der Waals surface area contributed by atoms with E-state index in [1.165, 1.54) is 4.90 Å². The van der Waals surface area contributed by atoms with Crippen LogP contribution in [0.25, 0.3) is 0 Å². The molecule has 15 heavy (non-hydrogen) atoms. The van der Waals surface area contributed by atoms with Crippen LogP contribution < -0.4 is 0 Å². The van der Waals surface area contributed by atoms with Crippen LogP contribution in [0, 0.1) is 0 Å². The molecule has 1 aliphatic heterocycles. The molecule has 0 aliphatic carbocycles. The van der Waals surface area contributed by atoms with Gasteiger partial charge >= 0.3 is 6.98 Å². The maximum atomic E-state index is 12.2. The highest BCUT2D eigenvalue weighted by atomic mass is 19.4. The predicted octanol–water partition coefficient (Wildman–Crippen LogP) is 1.79. The van der Waals surface area contributed by atoms with Crippen molar-refractivity contribution in [1.82, 2.24) is 9.80 Å². The lowest BCUT2D eigenvalue weighted by molar-refractivity contribution is 0.0663. The maximum Gasteiger partial charge on any atom is 0.492 e. The Kier molecular flexibility index (Phi) is 3.71. The molecule has 0 aromatic rings. The van der Waals surface area contributed by atoms with Gasteiger partial charge in [-0.3, -0.25) is 4.90 Å². The lowest BCUT2D eigenvalue weighted by atomic mass is 9.90. The number of hydrogen-bond donors (Lipinski definition) is 0. The first-order chi connectivity index (χ1) is 6.68. The van der Waals surface area contributed by atoms with Gasteiger partial charge in [-0.2, -0.15) is 0 Å². The molecule has 1 fully saturated rings. The zero-order chi connectivity index (χ0) is 11.7. The van der Waals surface area contributed by atoms with E-state index in [2.05, 4.69) is 25.7 Å². The van der Waals surface area contributed by atoms with Crippen molar-refractivity contribution in [2.45, 2.75) is 26.3 Å². The SMILES string of the molecule is CC(C)(C)N1CCN(C[B-](F)(F)F)CC1. The fourth-order valence-electron chi connectivity index (χ4n) is 1.89. The summed E-state index contributed by atoms with van der Waals surface area (Å²) in [5.41, 5.74) is 0.0649. The van der Waals surface area contributed by atoms with Crippen LogP contribution in [0.5, 0.6) is 0 Å². The first kappa shape index (κ1) is 12.8. The Labute approximate surface area is 89.5 Å². The summed E-state index contributed by atoms with van der Waals surface area (Å²) in [5.74, 6) is 0. The van der Waals surface area contributed by atoms with E-state index in [9.17, 15) is 12.9 Å². The van der Waals surface area contributed by atoms with Crippen molar-refractivity contribution in [3.63, 3.8) is 0 Å². The van der Waals surface area contributed by atoms with Crippen molar-refractivity contribution < 1.29 is 12.9 Å². The number of nitrogens with zero attached hydrogens (tertiary/aromatic N) is 2. The molecule has 0 amide bonds. The molecule has 1 aliphatic rings. The quantitative estimate of drug-likeness (QED) is 0.658. The van der Waals surface area contributed by atoms with Crippen LogP contribution in [0.15, 0.2) is 0 Å². The monoisotopic (exact) mass is 223 g/mol. The number of halogens is 3. The third-order valence-corrected chi connectivity index (χ3v) is 2.79. The largest absolute Gasteiger partial charge is 0.492 e. The van der Waals surface area contributed by atoms with Gasteiger partial charge in [-0.1, -0.05) is 0 Å². The van der Waals surface area contributed by atoms with Crippen LogP contribution in [0.2, 0.25) is 0 Å². The molecule has 0 spiro atoms. The average molecular weight is 223 g/mol. The maximum absolute atomic E-state index is 12.2.